The Hall–Kier alpha value is -2.74. The summed E-state index contributed by atoms with van der Waals surface area (Å²) in [5, 5.41) is 13.2. The number of esters is 1. The Morgan fingerprint density at radius 1 is 1.27 bits per heavy atom. The summed E-state index contributed by atoms with van der Waals surface area (Å²) in [7, 11) is 1.29. The van der Waals surface area contributed by atoms with Gasteiger partial charge >= 0.3 is 11.0 Å². The van der Waals surface area contributed by atoms with E-state index in [1.165, 1.54) is 25.3 Å². The first kappa shape index (κ1) is 15.6. The molecule has 1 aromatic carbocycles. The van der Waals surface area contributed by atoms with Crippen LogP contribution >= 0.6 is 11.3 Å². The number of amides is 1. The summed E-state index contributed by atoms with van der Waals surface area (Å²) in [6, 6.07) is 7.40. The molecule has 2 aromatic rings. The van der Waals surface area contributed by atoms with Gasteiger partial charge in [-0.05, 0) is 36.8 Å². The van der Waals surface area contributed by atoms with E-state index < -0.39 is 16.8 Å². The molecule has 2 rings (SSSR count). The Morgan fingerprint density at radius 2 is 2.00 bits per heavy atom. The zero-order chi connectivity index (χ0) is 16.3. The molecule has 22 heavy (non-hydrogen) atoms. The number of hydrogen-bond donors (Lipinski definition) is 1. The van der Waals surface area contributed by atoms with Crippen LogP contribution in [0.15, 0.2) is 30.3 Å². The van der Waals surface area contributed by atoms with Crippen molar-refractivity contribution in [2.45, 2.75) is 6.92 Å². The van der Waals surface area contributed by atoms with Crippen LogP contribution in [0.5, 0.6) is 0 Å². The smallest absolute Gasteiger partial charge is 0.337 e. The number of nitrogens with zero attached hydrogens (tertiary/aromatic N) is 1. The third-order valence-corrected chi connectivity index (χ3v) is 3.93. The van der Waals surface area contributed by atoms with Crippen LogP contribution in [0.1, 0.15) is 25.6 Å². The summed E-state index contributed by atoms with van der Waals surface area (Å²) in [4.78, 5) is 33.8. The number of thiophene rings is 1. The molecule has 1 heterocycles. The van der Waals surface area contributed by atoms with Crippen molar-refractivity contribution in [3.63, 3.8) is 0 Å². The summed E-state index contributed by atoms with van der Waals surface area (Å²) in [5.41, 5.74) is 1.58. The first-order chi connectivity index (χ1) is 10.4. The van der Waals surface area contributed by atoms with Gasteiger partial charge < -0.3 is 10.1 Å². The third kappa shape index (κ3) is 3.29. The summed E-state index contributed by atoms with van der Waals surface area (Å²) < 4.78 is 4.62. The molecule has 0 aliphatic heterocycles. The van der Waals surface area contributed by atoms with E-state index in [1.807, 2.05) is 0 Å². The lowest BCUT2D eigenvalue weighted by Crippen LogP contribution is -2.11. The van der Waals surface area contributed by atoms with E-state index in [0.29, 0.717) is 16.8 Å². The van der Waals surface area contributed by atoms with Gasteiger partial charge in [0.1, 0.15) is 0 Å². The summed E-state index contributed by atoms with van der Waals surface area (Å²) in [6.07, 6.45) is 0. The van der Waals surface area contributed by atoms with Crippen LogP contribution in [0, 0.1) is 17.0 Å². The predicted octanol–water partition coefficient (Wildman–Crippen LogP) is 3.00. The largest absolute Gasteiger partial charge is 0.465 e. The van der Waals surface area contributed by atoms with Crippen LogP contribution in [0.3, 0.4) is 0 Å². The van der Waals surface area contributed by atoms with Gasteiger partial charge in [-0.1, -0.05) is 11.3 Å². The summed E-state index contributed by atoms with van der Waals surface area (Å²) in [5.74, 6) is -0.901. The van der Waals surface area contributed by atoms with Crippen LogP contribution in [-0.2, 0) is 4.74 Å². The number of benzene rings is 1. The summed E-state index contributed by atoms with van der Waals surface area (Å²) in [6.45, 7) is 1.74. The van der Waals surface area contributed by atoms with Crippen molar-refractivity contribution in [2.75, 3.05) is 12.4 Å². The normalized spacial score (nSPS) is 10.1. The first-order valence-electron chi connectivity index (χ1n) is 6.17. The number of nitro groups is 1. The number of carbonyl (C=O) groups excluding carboxylic acids is 2. The highest BCUT2D eigenvalue weighted by Crippen LogP contribution is 2.25. The van der Waals surface area contributed by atoms with Gasteiger partial charge in [-0.25, -0.2) is 4.79 Å². The number of hydrogen-bond acceptors (Lipinski definition) is 6. The standard InChI is InChI=1S/C14H12N2O5S/c1-8-7-9(14(18)21-2)3-4-10(8)15-13(17)11-5-6-12(22-11)16(19)20/h3-7H,1-2H3,(H,15,17). The SMILES string of the molecule is COC(=O)c1ccc(NC(=O)c2ccc([N+](=O)[O-])s2)c(C)c1. The fraction of sp³-hybridized carbons (Fsp3) is 0.143. The molecule has 0 saturated carbocycles. The number of aryl methyl sites for hydroxylation is 1. The van der Waals surface area contributed by atoms with Gasteiger partial charge in [0.15, 0.2) is 0 Å². The maximum absolute atomic E-state index is 12.1. The lowest BCUT2D eigenvalue weighted by atomic mass is 10.1. The minimum atomic E-state index is -0.544. The number of anilines is 1. The molecule has 0 bridgehead atoms. The highest BCUT2D eigenvalue weighted by Gasteiger charge is 2.16. The topological polar surface area (TPSA) is 98.5 Å². The molecule has 8 heteroatoms. The second-order valence-corrected chi connectivity index (χ2v) is 5.43. The molecule has 0 atom stereocenters. The average Bonchev–Trinajstić information content (AvgIpc) is 2.98. The van der Waals surface area contributed by atoms with Gasteiger partial charge in [0.05, 0.1) is 22.5 Å². The van der Waals surface area contributed by atoms with E-state index in [9.17, 15) is 19.7 Å². The molecular formula is C14H12N2O5S. The zero-order valence-electron chi connectivity index (χ0n) is 11.8. The van der Waals surface area contributed by atoms with Crippen LogP contribution < -0.4 is 5.32 Å². The molecule has 0 saturated heterocycles. The molecule has 0 spiro atoms. The van der Waals surface area contributed by atoms with E-state index in [4.69, 9.17) is 0 Å². The molecular weight excluding hydrogens is 308 g/mol. The molecule has 0 aliphatic carbocycles. The van der Waals surface area contributed by atoms with E-state index in [2.05, 4.69) is 10.1 Å². The van der Waals surface area contributed by atoms with Crippen molar-refractivity contribution in [2.24, 2.45) is 0 Å². The summed E-state index contributed by atoms with van der Waals surface area (Å²) >= 11 is 0.801. The van der Waals surface area contributed by atoms with Crippen molar-refractivity contribution in [1.82, 2.24) is 0 Å². The van der Waals surface area contributed by atoms with Crippen molar-refractivity contribution in [1.29, 1.82) is 0 Å². The molecule has 0 radical (unpaired) electrons. The predicted molar refractivity (Wildman–Crippen MR) is 81.4 cm³/mol. The second-order valence-electron chi connectivity index (χ2n) is 4.37. The Labute approximate surface area is 129 Å². The monoisotopic (exact) mass is 320 g/mol. The van der Waals surface area contributed by atoms with Gasteiger partial charge in [0, 0.05) is 11.8 Å². The second kappa shape index (κ2) is 6.35. The van der Waals surface area contributed by atoms with E-state index in [-0.39, 0.29) is 9.88 Å². The van der Waals surface area contributed by atoms with Crippen LogP contribution in [-0.4, -0.2) is 23.9 Å². The van der Waals surface area contributed by atoms with Crippen molar-refractivity contribution < 1.29 is 19.2 Å². The number of nitrogens with one attached hydrogen (secondary N) is 1. The fourth-order valence-electron chi connectivity index (χ4n) is 1.78. The van der Waals surface area contributed by atoms with Gasteiger partial charge in [-0.2, -0.15) is 0 Å². The van der Waals surface area contributed by atoms with E-state index in [1.54, 1.807) is 19.1 Å². The van der Waals surface area contributed by atoms with Crippen molar-refractivity contribution in [3.05, 3.63) is 56.5 Å². The molecule has 1 aromatic heterocycles. The van der Waals surface area contributed by atoms with Gasteiger partial charge in [-0.15, -0.1) is 0 Å². The first-order valence-corrected chi connectivity index (χ1v) is 6.98. The highest BCUT2D eigenvalue weighted by molar-refractivity contribution is 7.17. The molecule has 0 aliphatic rings. The van der Waals surface area contributed by atoms with Gasteiger partial charge in [-0.3, -0.25) is 14.9 Å². The molecule has 1 amide bonds. The average molecular weight is 320 g/mol. The lowest BCUT2D eigenvalue weighted by molar-refractivity contribution is -0.380. The van der Waals surface area contributed by atoms with Crippen LogP contribution in [0.2, 0.25) is 0 Å². The van der Waals surface area contributed by atoms with E-state index >= 15 is 0 Å². The maximum atomic E-state index is 12.1. The van der Waals surface area contributed by atoms with Crippen molar-refractivity contribution in [3.8, 4) is 0 Å². The molecule has 0 fully saturated rings. The fourth-order valence-corrected chi connectivity index (χ4v) is 2.50. The number of methoxy groups -OCH3 is 1. The molecule has 0 unspecified atom stereocenters. The van der Waals surface area contributed by atoms with Gasteiger partial charge in [0.2, 0.25) is 0 Å². The Bertz CT molecular complexity index is 753. The zero-order valence-corrected chi connectivity index (χ0v) is 12.6. The number of rotatable bonds is 4. The molecule has 7 nitrogen and oxygen atoms in total. The highest BCUT2D eigenvalue weighted by atomic mass is 32.1. The van der Waals surface area contributed by atoms with Crippen molar-refractivity contribution >= 4 is 33.9 Å². The number of carbonyl (C=O) groups is 2. The lowest BCUT2D eigenvalue weighted by Gasteiger charge is -2.08. The maximum Gasteiger partial charge on any atom is 0.337 e. The third-order valence-electron chi connectivity index (χ3n) is 2.89. The van der Waals surface area contributed by atoms with Gasteiger partial charge in [0.25, 0.3) is 5.91 Å². The van der Waals surface area contributed by atoms with Crippen LogP contribution in [0.25, 0.3) is 0 Å². The number of ether oxygens (including phenoxy) is 1. The Morgan fingerprint density at radius 3 is 2.55 bits per heavy atom. The minimum Gasteiger partial charge on any atom is -0.465 e. The Balaban J connectivity index is 2.17. The quantitative estimate of drug-likeness (QED) is 0.530. The molecule has 114 valence electrons. The molecule has 1 N–H and O–H groups in total. The van der Waals surface area contributed by atoms with E-state index in [0.717, 1.165) is 11.3 Å². The Kier molecular flexibility index (Phi) is 4.52. The minimum absolute atomic E-state index is 0.0945. The van der Waals surface area contributed by atoms with Crippen LogP contribution in [0.4, 0.5) is 10.7 Å².